The van der Waals surface area contributed by atoms with Gasteiger partial charge < -0.3 is 0 Å². The van der Waals surface area contributed by atoms with Crippen molar-refractivity contribution in [2.75, 3.05) is 0 Å². The van der Waals surface area contributed by atoms with Crippen molar-refractivity contribution in [2.24, 2.45) is 0 Å². The van der Waals surface area contributed by atoms with Gasteiger partial charge in [-0.05, 0) is 35.2 Å². The topological polar surface area (TPSA) is 0 Å². The normalized spacial score (nSPS) is 11.8. The van der Waals surface area contributed by atoms with E-state index in [9.17, 15) is 0 Å². The second kappa shape index (κ2) is 4.20. The van der Waals surface area contributed by atoms with E-state index in [1.807, 2.05) is 6.92 Å². The zero-order valence-corrected chi connectivity index (χ0v) is 7.74. The molecule has 0 nitrogen and oxygen atoms in total. The highest BCUT2D eigenvalue weighted by Crippen LogP contribution is 2.20. The lowest BCUT2D eigenvalue weighted by Gasteiger charge is -2.02. The third-order valence-corrected chi connectivity index (χ3v) is 2.40. The van der Waals surface area contributed by atoms with Gasteiger partial charge in [0.15, 0.2) is 0 Å². The molecule has 1 aromatic heterocycles. The highest BCUT2D eigenvalue weighted by atomic mass is 32.1. The van der Waals surface area contributed by atoms with Gasteiger partial charge in [-0.15, -0.1) is 11.8 Å². The second-order valence-electron chi connectivity index (χ2n) is 2.59. The molecule has 0 amide bonds. The van der Waals surface area contributed by atoms with Crippen LogP contribution >= 0.6 is 11.3 Å². The molecule has 0 N–H and O–H groups in total. The van der Waals surface area contributed by atoms with Crippen LogP contribution in [-0.2, 0) is 0 Å². The summed E-state index contributed by atoms with van der Waals surface area (Å²) in [6.07, 6.45) is 0.979. The highest BCUT2D eigenvalue weighted by Gasteiger charge is 2.02. The summed E-state index contributed by atoms with van der Waals surface area (Å²) in [7, 11) is 0. The van der Waals surface area contributed by atoms with E-state index in [2.05, 4.69) is 35.6 Å². The summed E-state index contributed by atoms with van der Waals surface area (Å²) < 4.78 is 0. The lowest BCUT2D eigenvalue weighted by molar-refractivity contribution is 0.800. The van der Waals surface area contributed by atoms with Crippen LogP contribution in [0, 0.1) is 11.8 Å². The van der Waals surface area contributed by atoms with Crippen LogP contribution < -0.4 is 0 Å². The maximum atomic E-state index is 3.09. The molecule has 0 aliphatic heterocycles. The SMILES string of the molecule is CC#CCC(C)c1ccsc1. The molecule has 0 aromatic carbocycles. The molecule has 0 saturated carbocycles. The molecule has 0 bridgehead atoms. The van der Waals surface area contributed by atoms with Gasteiger partial charge in [-0.1, -0.05) is 6.92 Å². The summed E-state index contributed by atoms with van der Waals surface area (Å²) in [4.78, 5) is 0. The van der Waals surface area contributed by atoms with E-state index >= 15 is 0 Å². The summed E-state index contributed by atoms with van der Waals surface area (Å²) in [5.74, 6) is 6.60. The molecule has 1 atom stereocenters. The Kier molecular flexibility index (Phi) is 3.19. The smallest absolute Gasteiger partial charge is 0.0155 e. The maximum absolute atomic E-state index is 3.09. The molecule has 0 saturated heterocycles. The fraction of sp³-hybridized carbons (Fsp3) is 0.400. The van der Waals surface area contributed by atoms with E-state index in [1.54, 1.807) is 11.3 Å². The van der Waals surface area contributed by atoms with Crippen LogP contribution in [0.1, 0.15) is 31.7 Å². The monoisotopic (exact) mass is 164 g/mol. The molecule has 1 rings (SSSR count). The van der Waals surface area contributed by atoms with Gasteiger partial charge in [0.05, 0.1) is 0 Å². The van der Waals surface area contributed by atoms with E-state index < -0.39 is 0 Å². The van der Waals surface area contributed by atoms with Gasteiger partial charge in [0.2, 0.25) is 0 Å². The molecule has 58 valence electrons. The summed E-state index contributed by atoms with van der Waals surface area (Å²) >= 11 is 1.75. The van der Waals surface area contributed by atoms with E-state index in [0.717, 1.165) is 6.42 Å². The number of hydrogen-bond donors (Lipinski definition) is 0. The molecular weight excluding hydrogens is 152 g/mol. The van der Waals surface area contributed by atoms with Crippen molar-refractivity contribution >= 4 is 11.3 Å². The van der Waals surface area contributed by atoms with Crippen molar-refractivity contribution in [1.82, 2.24) is 0 Å². The van der Waals surface area contributed by atoms with Crippen LogP contribution in [0.15, 0.2) is 16.8 Å². The minimum atomic E-state index is 0.591. The maximum Gasteiger partial charge on any atom is 0.0155 e. The lowest BCUT2D eigenvalue weighted by Crippen LogP contribution is -1.87. The van der Waals surface area contributed by atoms with Crippen LogP contribution in [0.25, 0.3) is 0 Å². The van der Waals surface area contributed by atoms with Crippen molar-refractivity contribution in [3.05, 3.63) is 22.4 Å². The summed E-state index contributed by atoms with van der Waals surface area (Å²) in [6, 6.07) is 2.17. The Labute approximate surface area is 72.3 Å². The van der Waals surface area contributed by atoms with Crippen LogP contribution in [0.3, 0.4) is 0 Å². The zero-order chi connectivity index (χ0) is 8.10. The van der Waals surface area contributed by atoms with E-state index in [0.29, 0.717) is 5.92 Å². The Morgan fingerprint density at radius 1 is 1.64 bits per heavy atom. The summed E-state index contributed by atoms with van der Waals surface area (Å²) in [5.41, 5.74) is 1.41. The molecule has 1 unspecified atom stereocenters. The van der Waals surface area contributed by atoms with Gasteiger partial charge in [0, 0.05) is 6.42 Å². The minimum Gasteiger partial charge on any atom is -0.152 e. The molecule has 0 aliphatic carbocycles. The minimum absolute atomic E-state index is 0.591. The zero-order valence-electron chi connectivity index (χ0n) is 6.92. The number of rotatable bonds is 2. The van der Waals surface area contributed by atoms with Crippen LogP contribution in [0.2, 0.25) is 0 Å². The third-order valence-electron chi connectivity index (χ3n) is 1.70. The van der Waals surface area contributed by atoms with Crippen LogP contribution in [0.4, 0.5) is 0 Å². The van der Waals surface area contributed by atoms with Crippen molar-refractivity contribution in [3.8, 4) is 11.8 Å². The largest absolute Gasteiger partial charge is 0.152 e. The molecule has 1 aromatic rings. The Hall–Kier alpha value is -0.740. The van der Waals surface area contributed by atoms with Crippen molar-refractivity contribution in [2.45, 2.75) is 26.2 Å². The van der Waals surface area contributed by atoms with Gasteiger partial charge in [0.25, 0.3) is 0 Å². The second-order valence-corrected chi connectivity index (χ2v) is 3.37. The predicted octanol–water partition coefficient (Wildman–Crippen LogP) is 3.27. The highest BCUT2D eigenvalue weighted by molar-refractivity contribution is 7.07. The van der Waals surface area contributed by atoms with Gasteiger partial charge in [0.1, 0.15) is 0 Å². The van der Waals surface area contributed by atoms with Gasteiger partial charge in [-0.25, -0.2) is 0 Å². The molecule has 0 radical (unpaired) electrons. The fourth-order valence-electron chi connectivity index (χ4n) is 0.928. The Balaban J connectivity index is 2.53. The Morgan fingerprint density at radius 2 is 2.45 bits per heavy atom. The third kappa shape index (κ3) is 2.40. The molecule has 0 spiro atoms. The predicted molar refractivity (Wildman–Crippen MR) is 50.8 cm³/mol. The van der Waals surface area contributed by atoms with E-state index in [1.165, 1.54) is 5.56 Å². The Morgan fingerprint density at radius 3 is 3.00 bits per heavy atom. The molecule has 0 fully saturated rings. The van der Waals surface area contributed by atoms with Gasteiger partial charge >= 0.3 is 0 Å². The number of hydrogen-bond acceptors (Lipinski definition) is 1. The number of thiophene rings is 1. The first kappa shape index (κ1) is 8.36. The average Bonchev–Trinajstić information content (AvgIpc) is 2.52. The molecule has 11 heavy (non-hydrogen) atoms. The Bertz CT molecular complexity index is 248. The fourth-order valence-corrected chi connectivity index (χ4v) is 1.71. The molecule has 1 heterocycles. The molecular formula is C10H12S. The van der Waals surface area contributed by atoms with Crippen molar-refractivity contribution < 1.29 is 0 Å². The van der Waals surface area contributed by atoms with Gasteiger partial charge in [-0.2, -0.15) is 11.3 Å². The summed E-state index contributed by atoms with van der Waals surface area (Å²) in [5, 5.41) is 4.31. The first-order chi connectivity index (χ1) is 5.34. The van der Waals surface area contributed by atoms with E-state index in [-0.39, 0.29) is 0 Å². The van der Waals surface area contributed by atoms with Crippen molar-refractivity contribution in [1.29, 1.82) is 0 Å². The van der Waals surface area contributed by atoms with Crippen molar-refractivity contribution in [3.63, 3.8) is 0 Å². The van der Waals surface area contributed by atoms with Gasteiger partial charge in [-0.3, -0.25) is 0 Å². The first-order valence-electron chi connectivity index (χ1n) is 3.76. The van der Waals surface area contributed by atoms with E-state index in [4.69, 9.17) is 0 Å². The standard InChI is InChI=1S/C10H12S/c1-3-4-5-9(2)10-6-7-11-8-10/h6-9H,5H2,1-2H3. The van der Waals surface area contributed by atoms with Crippen LogP contribution in [-0.4, -0.2) is 0 Å². The lowest BCUT2D eigenvalue weighted by atomic mass is 10.0. The summed E-state index contributed by atoms with van der Waals surface area (Å²) in [6.45, 7) is 4.10. The average molecular weight is 164 g/mol. The first-order valence-corrected chi connectivity index (χ1v) is 4.70. The van der Waals surface area contributed by atoms with Crippen LogP contribution in [0.5, 0.6) is 0 Å². The molecule has 0 aliphatic rings. The quantitative estimate of drug-likeness (QED) is 0.588. The molecule has 1 heteroatoms.